The van der Waals surface area contributed by atoms with Crippen LogP contribution in [0.25, 0.3) is 0 Å². The van der Waals surface area contributed by atoms with Crippen LogP contribution in [-0.4, -0.2) is 39.9 Å². The summed E-state index contributed by atoms with van der Waals surface area (Å²) in [7, 11) is 0. The van der Waals surface area contributed by atoms with Crippen molar-refractivity contribution < 1.29 is 9.18 Å². The van der Waals surface area contributed by atoms with Crippen molar-refractivity contribution in [3.05, 3.63) is 53.7 Å². The summed E-state index contributed by atoms with van der Waals surface area (Å²) in [6, 6.07) is 8.46. The molecule has 27 heavy (non-hydrogen) atoms. The van der Waals surface area contributed by atoms with E-state index in [1.165, 1.54) is 12.1 Å². The van der Waals surface area contributed by atoms with E-state index < -0.39 is 0 Å². The molecule has 0 spiro atoms. The Labute approximate surface area is 160 Å². The molecule has 5 nitrogen and oxygen atoms in total. The number of hydrogen-bond acceptors (Lipinski definition) is 4. The summed E-state index contributed by atoms with van der Waals surface area (Å²) in [5, 5.41) is 0. The third-order valence-corrected chi connectivity index (χ3v) is 5.15. The first kappa shape index (κ1) is 19.3. The molecule has 0 radical (unpaired) electrons. The summed E-state index contributed by atoms with van der Waals surface area (Å²) in [5.74, 6) is 1.04. The van der Waals surface area contributed by atoms with E-state index in [1.54, 1.807) is 18.5 Å². The molecule has 3 rings (SSSR count). The summed E-state index contributed by atoms with van der Waals surface area (Å²) >= 11 is 0. The summed E-state index contributed by atoms with van der Waals surface area (Å²) < 4.78 is 13.2. The predicted molar refractivity (Wildman–Crippen MR) is 104 cm³/mol. The van der Waals surface area contributed by atoms with Crippen LogP contribution in [0.5, 0.6) is 0 Å². The Hall–Kier alpha value is -2.50. The SMILES string of the molecule is CCc1cc(N2CCC(=O)N(Cc3ccc(F)cc3)[C@@H](C(C)C)C2)ncn1. The fourth-order valence-electron chi connectivity index (χ4n) is 3.50. The highest BCUT2D eigenvalue weighted by Gasteiger charge is 2.32. The number of nitrogens with zero attached hydrogens (tertiary/aromatic N) is 4. The fourth-order valence-corrected chi connectivity index (χ4v) is 3.50. The maximum Gasteiger partial charge on any atom is 0.224 e. The van der Waals surface area contributed by atoms with Gasteiger partial charge >= 0.3 is 0 Å². The zero-order valence-electron chi connectivity index (χ0n) is 16.2. The Kier molecular flexibility index (Phi) is 6.04. The number of aryl methyl sites for hydroxylation is 1. The number of rotatable bonds is 5. The van der Waals surface area contributed by atoms with Gasteiger partial charge in [0, 0.05) is 37.8 Å². The van der Waals surface area contributed by atoms with Gasteiger partial charge in [-0.2, -0.15) is 0 Å². The molecule has 0 N–H and O–H groups in total. The zero-order chi connectivity index (χ0) is 19.4. The van der Waals surface area contributed by atoms with Crippen molar-refractivity contribution in [2.24, 2.45) is 5.92 Å². The van der Waals surface area contributed by atoms with Gasteiger partial charge in [0.2, 0.25) is 5.91 Å². The molecule has 1 aliphatic rings. The second kappa shape index (κ2) is 8.46. The first-order chi connectivity index (χ1) is 13.0. The largest absolute Gasteiger partial charge is 0.354 e. The highest BCUT2D eigenvalue weighted by molar-refractivity contribution is 5.78. The van der Waals surface area contributed by atoms with Crippen LogP contribution in [-0.2, 0) is 17.8 Å². The number of carbonyl (C=O) groups is 1. The summed E-state index contributed by atoms with van der Waals surface area (Å²) in [5.41, 5.74) is 1.94. The smallest absolute Gasteiger partial charge is 0.224 e. The van der Waals surface area contributed by atoms with Gasteiger partial charge in [0.25, 0.3) is 0 Å². The third-order valence-electron chi connectivity index (χ3n) is 5.15. The molecular formula is C21H27FN4O. The van der Waals surface area contributed by atoms with Gasteiger partial charge in [-0.15, -0.1) is 0 Å². The minimum absolute atomic E-state index is 0.0603. The molecule has 1 aromatic heterocycles. The molecule has 2 heterocycles. The van der Waals surface area contributed by atoms with E-state index in [2.05, 4.69) is 35.6 Å². The van der Waals surface area contributed by atoms with Crippen molar-refractivity contribution in [3.63, 3.8) is 0 Å². The van der Waals surface area contributed by atoms with E-state index >= 15 is 0 Å². The number of aromatic nitrogens is 2. The number of amides is 1. The molecule has 1 amide bonds. The van der Waals surface area contributed by atoms with Gasteiger partial charge in [-0.25, -0.2) is 14.4 Å². The Balaban J connectivity index is 1.84. The Morgan fingerprint density at radius 2 is 1.96 bits per heavy atom. The van der Waals surface area contributed by atoms with Crippen LogP contribution < -0.4 is 4.90 Å². The van der Waals surface area contributed by atoms with Crippen molar-refractivity contribution in [2.45, 2.75) is 46.2 Å². The zero-order valence-corrected chi connectivity index (χ0v) is 16.2. The van der Waals surface area contributed by atoms with Gasteiger partial charge in [0.05, 0.1) is 6.04 Å². The number of halogens is 1. The van der Waals surface area contributed by atoms with Crippen molar-refractivity contribution in [3.8, 4) is 0 Å². The van der Waals surface area contributed by atoms with Crippen molar-refractivity contribution in [2.75, 3.05) is 18.0 Å². The Morgan fingerprint density at radius 3 is 2.63 bits per heavy atom. The molecule has 6 heteroatoms. The minimum Gasteiger partial charge on any atom is -0.354 e. The van der Waals surface area contributed by atoms with Crippen molar-refractivity contribution in [1.29, 1.82) is 0 Å². The van der Waals surface area contributed by atoms with Crippen LogP contribution in [0.1, 0.15) is 38.4 Å². The van der Waals surface area contributed by atoms with Gasteiger partial charge in [-0.3, -0.25) is 4.79 Å². The molecule has 1 aliphatic heterocycles. The van der Waals surface area contributed by atoms with Gasteiger partial charge in [0.1, 0.15) is 18.0 Å². The summed E-state index contributed by atoms with van der Waals surface area (Å²) in [6.07, 6.45) is 2.89. The van der Waals surface area contributed by atoms with Gasteiger partial charge < -0.3 is 9.80 Å². The average Bonchev–Trinajstić information content (AvgIpc) is 2.83. The highest BCUT2D eigenvalue weighted by atomic mass is 19.1. The van der Waals surface area contributed by atoms with Gasteiger partial charge in [-0.05, 0) is 30.0 Å². The molecule has 0 saturated carbocycles. The predicted octanol–water partition coefficient (Wildman–Crippen LogP) is 3.44. The lowest BCUT2D eigenvalue weighted by atomic mass is 10.0. The lowest BCUT2D eigenvalue weighted by molar-refractivity contribution is -0.134. The second-order valence-electron chi connectivity index (χ2n) is 7.38. The lowest BCUT2D eigenvalue weighted by Gasteiger charge is -2.35. The maximum absolute atomic E-state index is 13.2. The van der Waals surface area contributed by atoms with E-state index in [1.807, 2.05) is 11.0 Å². The van der Waals surface area contributed by atoms with Crippen LogP contribution in [0.4, 0.5) is 10.2 Å². The lowest BCUT2D eigenvalue weighted by Crippen LogP contribution is -2.46. The molecule has 1 saturated heterocycles. The third kappa shape index (κ3) is 4.62. The molecule has 1 atom stereocenters. The van der Waals surface area contributed by atoms with Crippen LogP contribution in [0.15, 0.2) is 36.7 Å². The number of benzene rings is 1. The van der Waals surface area contributed by atoms with Crippen LogP contribution >= 0.6 is 0 Å². The normalized spacial score (nSPS) is 18.1. The maximum atomic E-state index is 13.2. The van der Waals surface area contributed by atoms with E-state index in [9.17, 15) is 9.18 Å². The Morgan fingerprint density at radius 1 is 1.22 bits per heavy atom. The second-order valence-corrected chi connectivity index (χ2v) is 7.38. The Bertz CT molecular complexity index is 778. The first-order valence-electron chi connectivity index (χ1n) is 9.57. The number of hydrogen-bond donors (Lipinski definition) is 0. The van der Waals surface area contributed by atoms with Crippen molar-refractivity contribution >= 4 is 11.7 Å². The monoisotopic (exact) mass is 370 g/mol. The molecular weight excluding hydrogens is 343 g/mol. The van der Waals surface area contributed by atoms with Gasteiger partial charge in [0.15, 0.2) is 0 Å². The average molecular weight is 370 g/mol. The molecule has 0 unspecified atom stereocenters. The quantitative estimate of drug-likeness (QED) is 0.809. The first-order valence-corrected chi connectivity index (χ1v) is 9.57. The summed E-state index contributed by atoms with van der Waals surface area (Å²) in [6.45, 7) is 8.21. The summed E-state index contributed by atoms with van der Waals surface area (Å²) in [4.78, 5) is 25.7. The minimum atomic E-state index is -0.261. The molecule has 0 bridgehead atoms. The topological polar surface area (TPSA) is 49.3 Å². The molecule has 2 aromatic rings. The molecule has 0 aliphatic carbocycles. The van der Waals surface area contributed by atoms with Crippen LogP contribution in [0.3, 0.4) is 0 Å². The highest BCUT2D eigenvalue weighted by Crippen LogP contribution is 2.24. The van der Waals surface area contributed by atoms with Crippen LogP contribution in [0, 0.1) is 11.7 Å². The molecule has 1 aromatic carbocycles. The van der Waals surface area contributed by atoms with Gasteiger partial charge in [-0.1, -0.05) is 32.9 Å². The molecule has 1 fully saturated rings. The standard InChI is InChI=1S/C21H27FN4O/c1-4-18-11-20(24-14-23-18)25-10-9-21(27)26(19(13-25)15(2)3)12-16-5-7-17(22)8-6-16/h5-8,11,14-15,19H,4,9-10,12-13H2,1-3H3/t19-/m1/s1. The van der Waals surface area contributed by atoms with E-state index in [-0.39, 0.29) is 17.8 Å². The van der Waals surface area contributed by atoms with Crippen LogP contribution in [0.2, 0.25) is 0 Å². The fraction of sp³-hybridized carbons (Fsp3) is 0.476. The number of anilines is 1. The van der Waals surface area contributed by atoms with Crippen molar-refractivity contribution in [1.82, 2.24) is 14.9 Å². The number of carbonyl (C=O) groups excluding carboxylic acids is 1. The van der Waals surface area contributed by atoms with E-state index in [0.717, 1.165) is 30.0 Å². The van der Waals surface area contributed by atoms with E-state index in [0.29, 0.717) is 25.4 Å². The van der Waals surface area contributed by atoms with E-state index in [4.69, 9.17) is 0 Å². The molecule has 144 valence electrons.